The molecule has 0 aliphatic carbocycles. The number of nitrogens with one attached hydrogen (secondary N) is 2. The van der Waals surface area contributed by atoms with Gasteiger partial charge in [-0.15, -0.1) is 0 Å². The number of benzene rings is 2. The minimum Gasteiger partial charge on any atom is -0.370 e. The molecule has 0 aromatic heterocycles. The van der Waals surface area contributed by atoms with Crippen LogP contribution in [0.1, 0.15) is 36.5 Å². The summed E-state index contributed by atoms with van der Waals surface area (Å²) in [6.07, 6.45) is 2.73. The SMILES string of the molecule is CCCNS(=O)(=O)c1cc(C(=O)Nc2ccccc2Cl)ccc1N1CCCC1. The molecule has 0 spiro atoms. The molecule has 1 fully saturated rings. The van der Waals surface area contributed by atoms with Crippen molar-refractivity contribution in [3.63, 3.8) is 0 Å². The van der Waals surface area contributed by atoms with Gasteiger partial charge in [-0.3, -0.25) is 4.79 Å². The summed E-state index contributed by atoms with van der Waals surface area (Å²) in [7, 11) is -3.73. The molecule has 0 saturated carbocycles. The first-order valence-corrected chi connectivity index (χ1v) is 11.2. The molecule has 3 rings (SSSR count). The number of hydrogen-bond acceptors (Lipinski definition) is 4. The van der Waals surface area contributed by atoms with Gasteiger partial charge >= 0.3 is 0 Å². The fourth-order valence-corrected chi connectivity index (χ4v) is 4.73. The first-order chi connectivity index (χ1) is 13.4. The summed E-state index contributed by atoms with van der Waals surface area (Å²) in [5, 5.41) is 3.16. The highest BCUT2D eigenvalue weighted by Crippen LogP contribution is 2.30. The average molecular weight is 422 g/mol. The van der Waals surface area contributed by atoms with E-state index in [0.717, 1.165) is 25.9 Å². The Bertz CT molecular complexity index is 957. The van der Waals surface area contributed by atoms with Crippen LogP contribution in [-0.4, -0.2) is 34.0 Å². The van der Waals surface area contributed by atoms with Crippen LogP contribution in [-0.2, 0) is 10.0 Å². The molecule has 1 heterocycles. The topological polar surface area (TPSA) is 78.5 Å². The van der Waals surface area contributed by atoms with E-state index in [1.54, 1.807) is 36.4 Å². The third-order valence-corrected chi connectivity index (χ3v) is 6.44. The van der Waals surface area contributed by atoms with E-state index in [1.165, 1.54) is 6.07 Å². The van der Waals surface area contributed by atoms with Gasteiger partial charge in [0.25, 0.3) is 5.91 Å². The standard InChI is InChI=1S/C20H24ClN3O3S/c1-2-11-22-28(26,27)19-14-15(9-10-18(19)24-12-5-6-13-24)20(25)23-17-8-4-3-7-16(17)21/h3-4,7-10,14,22H,2,5-6,11-13H2,1H3,(H,23,25). The molecule has 1 saturated heterocycles. The van der Waals surface area contributed by atoms with Gasteiger partial charge in [0.2, 0.25) is 10.0 Å². The monoisotopic (exact) mass is 421 g/mol. The molecule has 1 aliphatic rings. The van der Waals surface area contributed by atoms with E-state index in [-0.39, 0.29) is 10.5 Å². The van der Waals surface area contributed by atoms with Crippen molar-refractivity contribution in [2.75, 3.05) is 29.9 Å². The largest absolute Gasteiger partial charge is 0.370 e. The fraction of sp³-hybridized carbons (Fsp3) is 0.350. The summed E-state index contributed by atoms with van der Waals surface area (Å²) in [6.45, 7) is 3.86. The van der Waals surface area contributed by atoms with Crippen LogP contribution in [0.4, 0.5) is 11.4 Å². The smallest absolute Gasteiger partial charge is 0.255 e. The molecule has 0 atom stereocenters. The Morgan fingerprint density at radius 2 is 1.86 bits per heavy atom. The van der Waals surface area contributed by atoms with Crippen molar-refractivity contribution < 1.29 is 13.2 Å². The van der Waals surface area contributed by atoms with Gasteiger partial charge in [0.05, 0.1) is 16.4 Å². The molecular weight excluding hydrogens is 398 g/mol. The second kappa shape index (κ2) is 8.94. The third-order valence-electron chi connectivity index (χ3n) is 4.62. The molecule has 6 nitrogen and oxygen atoms in total. The highest BCUT2D eigenvalue weighted by atomic mass is 35.5. The lowest BCUT2D eigenvalue weighted by molar-refractivity contribution is 0.102. The van der Waals surface area contributed by atoms with Crippen molar-refractivity contribution in [1.29, 1.82) is 0 Å². The molecule has 2 N–H and O–H groups in total. The number of carbonyl (C=O) groups excluding carboxylic acids is 1. The summed E-state index contributed by atoms with van der Waals surface area (Å²) < 4.78 is 28.3. The van der Waals surface area contributed by atoms with E-state index >= 15 is 0 Å². The van der Waals surface area contributed by atoms with Crippen LogP contribution in [0.2, 0.25) is 5.02 Å². The fourth-order valence-electron chi connectivity index (χ4n) is 3.16. The molecule has 0 bridgehead atoms. The maximum absolute atomic E-state index is 12.9. The second-order valence-corrected chi connectivity index (χ2v) is 8.85. The zero-order valence-corrected chi connectivity index (χ0v) is 17.3. The van der Waals surface area contributed by atoms with E-state index < -0.39 is 15.9 Å². The van der Waals surface area contributed by atoms with Crippen LogP contribution in [0.15, 0.2) is 47.4 Å². The van der Waals surface area contributed by atoms with Crippen LogP contribution in [0, 0.1) is 0 Å². The number of sulfonamides is 1. The zero-order chi connectivity index (χ0) is 20.1. The molecule has 2 aromatic rings. The molecule has 150 valence electrons. The number of amides is 1. The van der Waals surface area contributed by atoms with Gasteiger partial charge in [-0.2, -0.15) is 0 Å². The average Bonchev–Trinajstić information content (AvgIpc) is 3.22. The molecule has 1 aliphatic heterocycles. The van der Waals surface area contributed by atoms with Crippen molar-refractivity contribution in [2.45, 2.75) is 31.1 Å². The first-order valence-electron chi connectivity index (χ1n) is 9.37. The van der Waals surface area contributed by atoms with Crippen molar-refractivity contribution in [3.05, 3.63) is 53.1 Å². The summed E-state index contributed by atoms with van der Waals surface area (Å²) in [6, 6.07) is 11.7. The van der Waals surface area contributed by atoms with Gasteiger partial charge in [0, 0.05) is 25.2 Å². The van der Waals surface area contributed by atoms with Crippen LogP contribution >= 0.6 is 11.6 Å². The second-order valence-electron chi connectivity index (χ2n) is 6.71. The summed E-state index contributed by atoms with van der Waals surface area (Å²) in [4.78, 5) is 14.9. The number of nitrogens with zero attached hydrogens (tertiary/aromatic N) is 1. The minimum absolute atomic E-state index is 0.134. The van der Waals surface area contributed by atoms with E-state index in [9.17, 15) is 13.2 Å². The van der Waals surface area contributed by atoms with Crippen LogP contribution in [0.3, 0.4) is 0 Å². The lowest BCUT2D eigenvalue weighted by Gasteiger charge is -2.22. The Hall–Kier alpha value is -2.09. The number of para-hydroxylation sites is 1. The van der Waals surface area contributed by atoms with Gasteiger partial charge in [-0.1, -0.05) is 30.7 Å². The Kier molecular flexibility index (Phi) is 6.59. The molecule has 1 amide bonds. The Morgan fingerprint density at radius 3 is 2.54 bits per heavy atom. The van der Waals surface area contributed by atoms with Crippen molar-refractivity contribution in [1.82, 2.24) is 4.72 Å². The van der Waals surface area contributed by atoms with Gasteiger partial charge in [0.1, 0.15) is 4.90 Å². The van der Waals surface area contributed by atoms with Crippen LogP contribution in [0.5, 0.6) is 0 Å². The first kappa shape index (κ1) is 20.6. The van der Waals surface area contributed by atoms with E-state index in [4.69, 9.17) is 11.6 Å². The van der Waals surface area contributed by atoms with Gasteiger partial charge < -0.3 is 10.2 Å². The molecule has 0 radical (unpaired) electrons. The van der Waals surface area contributed by atoms with E-state index in [0.29, 0.717) is 29.4 Å². The summed E-state index contributed by atoms with van der Waals surface area (Å²) in [5.41, 5.74) is 1.38. The zero-order valence-electron chi connectivity index (χ0n) is 15.7. The molecule has 8 heteroatoms. The van der Waals surface area contributed by atoms with Crippen molar-refractivity contribution in [2.24, 2.45) is 0 Å². The van der Waals surface area contributed by atoms with Gasteiger partial charge in [-0.25, -0.2) is 13.1 Å². The maximum atomic E-state index is 12.9. The normalized spacial score (nSPS) is 14.3. The highest BCUT2D eigenvalue weighted by molar-refractivity contribution is 7.89. The Morgan fingerprint density at radius 1 is 1.14 bits per heavy atom. The predicted molar refractivity (Wildman–Crippen MR) is 113 cm³/mol. The number of carbonyl (C=O) groups is 1. The number of halogens is 1. The number of anilines is 2. The third kappa shape index (κ3) is 4.66. The van der Waals surface area contributed by atoms with Gasteiger partial charge in [0.15, 0.2) is 0 Å². The van der Waals surface area contributed by atoms with Crippen LogP contribution < -0.4 is 14.9 Å². The Balaban J connectivity index is 1.96. The molecule has 28 heavy (non-hydrogen) atoms. The molecule has 2 aromatic carbocycles. The van der Waals surface area contributed by atoms with E-state index in [2.05, 4.69) is 14.9 Å². The van der Waals surface area contributed by atoms with E-state index in [1.807, 2.05) is 6.92 Å². The molecular formula is C20H24ClN3O3S. The van der Waals surface area contributed by atoms with Crippen molar-refractivity contribution in [3.8, 4) is 0 Å². The minimum atomic E-state index is -3.73. The maximum Gasteiger partial charge on any atom is 0.255 e. The predicted octanol–water partition coefficient (Wildman–Crippen LogP) is 3.88. The lowest BCUT2D eigenvalue weighted by Crippen LogP contribution is -2.28. The quantitative estimate of drug-likeness (QED) is 0.711. The Labute approximate surface area is 170 Å². The summed E-state index contributed by atoms with van der Waals surface area (Å²) in [5.74, 6) is -0.409. The molecule has 0 unspecified atom stereocenters. The van der Waals surface area contributed by atoms with Gasteiger partial charge in [-0.05, 0) is 49.6 Å². The van der Waals surface area contributed by atoms with Crippen LogP contribution in [0.25, 0.3) is 0 Å². The van der Waals surface area contributed by atoms with Crippen molar-refractivity contribution >= 4 is 38.9 Å². The summed E-state index contributed by atoms with van der Waals surface area (Å²) >= 11 is 6.10. The number of rotatable bonds is 7. The highest BCUT2D eigenvalue weighted by Gasteiger charge is 2.25. The lowest BCUT2D eigenvalue weighted by atomic mass is 10.1. The number of hydrogen-bond donors (Lipinski definition) is 2.